The molecule has 7 heteroatoms. The second-order valence-electron chi connectivity index (χ2n) is 4.51. The first-order chi connectivity index (χ1) is 9.90. The molecular formula is C14H13NO6. The first-order valence-electron chi connectivity index (χ1n) is 6.13. The molecule has 0 aliphatic rings. The van der Waals surface area contributed by atoms with Gasteiger partial charge in [0.2, 0.25) is 0 Å². The fraction of sp³-hybridized carbons (Fsp3) is 0.214. The standard InChI is InChI=1S/C14H13NO6/c1-7-8-4-2-3-5-10(8)21-12(7)13(18)15-9(14(19)20)6-11(16)17/h2-5,9H,6H2,1H3,(H,15,18)(H,16,17)(H,19,20). The molecule has 0 aliphatic carbocycles. The molecule has 0 saturated heterocycles. The number of nitrogens with one attached hydrogen (secondary N) is 1. The van der Waals surface area contributed by atoms with Crippen LogP contribution in [0, 0.1) is 6.92 Å². The van der Waals surface area contributed by atoms with Gasteiger partial charge in [0.15, 0.2) is 5.76 Å². The molecule has 1 amide bonds. The van der Waals surface area contributed by atoms with E-state index in [0.717, 1.165) is 5.39 Å². The van der Waals surface area contributed by atoms with E-state index in [1.165, 1.54) is 0 Å². The summed E-state index contributed by atoms with van der Waals surface area (Å²) >= 11 is 0. The van der Waals surface area contributed by atoms with E-state index in [2.05, 4.69) is 5.32 Å². The molecule has 1 heterocycles. The van der Waals surface area contributed by atoms with Crippen LogP contribution in [0.5, 0.6) is 0 Å². The first-order valence-corrected chi connectivity index (χ1v) is 6.13. The van der Waals surface area contributed by atoms with Crippen molar-refractivity contribution in [1.82, 2.24) is 5.32 Å². The van der Waals surface area contributed by atoms with E-state index in [4.69, 9.17) is 14.6 Å². The van der Waals surface area contributed by atoms with Gasteiger partial charge in [0, 0.05) is 10.9 Å². The number of benzene rings is 1. The van der Waals surface area contributed by atoms with Gasteiger partial charge in [0.25, 0.3) is 5.91 Å². The Morgan fingerprint density at radius 2 is 1.90 bits per heavy atom. The molecule has 2 rings (SSSR count). The van der Waals surface area contributed by atoms with Crippen LogP contribution in [0.3, 0.4) is 0 Å². The van der Waals surface area contributed by atoms with Gasteiger partial charge in [-0.15, -0.1) is 0 Å². The van der Waals surface area contributed by atoms with Crippen molar-refractivity contribution in [1.29, 1.82) is 0 Å². The van der Waals surface area contributed by atoms with Crippen LogP contribution >= 0.6 is 0 Å². The lowest BCUT2D eigenvalue weighted by Gasteiger charge is -2.11. The van der Waals surface area contributed by atoms with Gasteiger partial charge in [0.1, 0.15) is 11.6 Å². The summed E-state index contributed by atoms with van der Waals surface area (Å²) in [6, 6.07) is 5.48. The maximum Gasteiger partial charge on any atom is 0.326 e. The zero-order chi connectivity index (χ0) is 15.6. The Hall–Kier alpha value is -2.83. The van der Waals surface area contributed by atoms with Crippen molar-refractivity contribution >= 4 is 28.8 Å². The fourth-order valence-corrected chi connectivity index (χ4v) is 1.99. The molecule has 21 heavy (non-hydrogen) atoms. The van der Waals surface area contributed by atoms with Crippen molar-refractivity contribution in [3.63, 3.8) is 0 Å². The number of aliphatic carboxylic acids is 2. The first kappa shape index (κ1) is 14.6. The van der Waals surface area contributed by atoms with Gasteiger partial charge in [-0.1, -0.05) is 18.2 Å². The lowest BCUT2D eigenvalue weighted by molar-refractivity contribution is -0.145. The van der Waals surface area contributed by atoms with Gasteiger partial charge in [-0.25, -0.2) is 4.79 Å². The molecule has 0 saturated carbocycles. The number of carbonyl (C=O) groups is 3. The number of aryl methyl sites for hydroxylation is 1. The largest absolute Gasteiger partial charge is 0.481 e. The minimum absolute atomic E-state index is 0.0205. The van der Waals surface area contributed by atoms with Crippen LogP contribution in [0.4, 0.5) is 0 Å². The van der Waals surface area contributed by atoms with Crippen molar-refractivity contribution in [3.8, 4) is 0 Å². The normalized spacial score (nSPS) is 12.0. The maximum absolute atomic E-state index is 12.1. The van der Waals surface area contributed by atoms with Crippen molar-refractivity contribution in [2.75, 3.05) is 0 Å². The lowest BCUT2D eigenvalue weighted by atomic mass is 10.1. The number of hydrogen-bond acceptors (Lipinski definition) is 4. The monoisotopic (exact) mass is 291 g/mol. The second kappa shape index (κ2) is 5.66. The van der Waals surface area contributed by atoms with Crippen molar-refractivity contribution in [2.45, 2.75) is 19.4 Å². The number of para-hydroxylation sites is 1. The van der Waals surface area contributed by atoms with E-state index < -0.39 is 30.3 Å². The smallest absolute Gasteiger partial charge is 0.326 e. The summed E-state index contributed by atoms with van der Waals surface area (Å²) in [4.78, 5) is 33.6. The van der Waals surface area contributed by atoms with Crippen molar-refractivity contribution < 1.29 is 29.0 Å². The summed E-state index contributed by atoms with van der Waals surface area (Å²) in [5, 5.41) is 20.5. The molecule has 0 fully saturated rings. The molecule has 0 bridgehead atoms. The number of hydrogen-bond donors (Lipinski definition) is 3. The molecular weight excluding hydrogens is 278 g/mol. The lowest BCUT2D eigenvalue weighted by Crippen LogP contribution is -2.42. The average Bonchev–Trinajstić information content (AvgIpc) is 2.75. The molecule has 1 atom stereocenters. The molecule has 110 valence electrons. The summed E-state index contributed by atoms with van der Waals surface area (Å²) in [6.45, 7) is 1.67. The molecule has 0 radical (unpaired) electrons. The van der Waals surface area contributed by atoms with E-state index in [0.29, 0.717) is 11.1 Å². The fourth-order valence-electron chi connectivity index (χ4n) is 1.99. The molecule has 1 unspecified atom stereocenters. The number of rotatable bonds is 5. The minimum atomic E-state index is -1.51. The molecule has 2 aromatic rings. The van der Waals surface area contributed by atoms with E-state index in [9.17, 15) is 14.4 Å². The molecule has 3 N–H and O–H groups in total. The highest BCUT2D eigenvalue weighted by molar-refractivity contribution is 6.00. The molecule has 7 nitrogen and oxygen atoms in total. The summed E-state index contributed by atoms with van der Waals surface area (Å²) in [5.74, 6) is -3.51. The number of fused-ring (bicyclic) bond motifs is 1. The van der Waals surface area contributed by atoms with Gasteiger partial charge < -0.3 is 19.9 Å². The van der Waals surface area contributed by atoms with Gasteiger partial charge >= 0.3 is 11.9 Å². The van der Waals surface area contributed by atoms with Crippen LogP contribution in [0.1, 0.15) is 22.5 Å². The van der Waals surface area contributed by atoms with Crippen LogP contribution in [-0.4, -0.2) is 34.1 Å². The Morgan fingerprint density at radius 1 is 1.24 bits per heavy atom. The molecule has 0 aliphatic heterocycles. The zero-order valence-corrected chi connectivity index (χ0v) is 11.1. The van der Waals surface area contributed by atoms with E-state index in [1.54, 1.807) is 31.2 Å². The quantitative estimate of drug-likeness (QED) is 0.766. The number of carboxylic acids is 2. The van der Waals surface area contributed by atoms with E-state index in [-0.39, 0.29) is 5.76 Å². The van der Waals surface area contributed by atoms with E-state index >= 15 is 0 Å². The zero-order valence-electron chi connectivity index (χ0n) is 11.1. The highest BCUT2D eigenvalue weighted by Gasteiger charge is 2.26. The Labute approximate surface area is 119 Å². The van der Waals surface area contributed by atoms with Crippen LogP contribution in [0.15, 0.2) is 28.7 Å². The Bertz CT molecular complexity index is 717. The van der Waals surface area contributed by atoms with Gasteiger partial charge in [0.05, 0.1) is 6.42 Å². The third kappa shape index (κ3) is 3.02. The summed E-state index contributed by atoms with van der Waals surface area (Å²) in [6.07, 6.45) is -0.708. The molecule has 0 spiro atoms. The Morgan fingerprint density at radius 3 is 2.48 bits per heavy atom. The topological polar surface area (TPSA) is 117 Å². The van der Waals surface area contributed by atoms with Crippen molar-refractivity contribution in [2.24, 2.45) is 0 Å². The maximum atomic E-state index is 12.1. The SMILES string of the molecule is Cc1c(C(=O)NC(CC(=O)O)C(=O)O)oc2ccccc12. The third-order valence-corrected chi connectivity index (χ3v) is 3.03. The highest BCUT2D eigenvalue weighted by Crippen LogP contribution is 2.24. The Kier molecular flexibility index (Phi) is 3.93. The summed E-state index contributed by atoms with van der Waals surface area (Å²) < 4.78 is 5.39. The minimum Gasteiger partial charge on any atom is -0.481 e. The number of furan rings is 1. The van der Waals surface area contributed by atoms with Gasteiger partial charge in [-0.2, -0.15) is 0 Å². The van der Waals surface area contributed by atoms with Gasteiger partial charge in [-0.3, -0.25) is 9.59 Å². The number of amides is 1. The Balaban J connectivity index is 2.27. The van der Waals surface area contributed by atoms with Gasteiger partial charge in [-0.05, 0) is 13.0 Å². The van der Waals surface area contributed by atoms with Crippen LogP contribution in [0.2, 0.25) is 0 Å². The summed E-state index contributed by atoms with van der Waals surface area (Å²) in [7, 11) is 0. The molecule has 1 aromatic heterocycles. The predicted octanol–water partition coefficient (Wildman–Crippen LogP) is 1.40. The van der Waals surface area contributed by atoms with Crippen molar-refractivity contribution in [3.05, 3.63) is 35.6 Å². The third-order valence-electron chi connectivity index (χ3n) is 3.03. The van der Waals surface area contributed by atoms with Crippen LogP contribution < -0.4 is 5.32 Å². The highest BCUT2D eigenvalue weighted by atomic mass is 16.4. The predicted molar refractivity (Wildman–Crippen MR) is 72.1 cm³/mol. The average molecular weight is 291 g/mol. The van der Waals surface area contributed by atoms with E-state index in [1.807, 2.05) is 0 Å². The number of carbonyl (C=O) groups excluding carboxylic acids is 1. The number of carboxylic acid groups (broad SMARTS) is 2. The summed E-state index contributed by atoms with van der Waals surface area (Å²) in [5.41, 5.74) is 1.08. The second-order valence-corrected chi connectivity index (χ2v) is 4.51. The van der Waals surface area contributed by atoms with Crippen LogP contribution in [-0.2, 0) is 9.59 Å². The van der Waals surface area contributed by atoms with Crippen LogP contribution in [0.25, 0.3) is 11.0 Å². The molecule has 1 aromatic carbocycles.